The Bertz CT molecular complexity index is 610. The summed E-state index contributed by atoms with van der Waals surface area (Å²) < 4.78 is 4.71. The second kappa shape index (κ2) is 6.70. The van der Waals surface area contributed by atoms with E-state index >= 15 is 0 Å². The van der Waals surface area contributed by atoms with E-state index in [1.54, 1.807) is 24.3 Å². The van der Waals surface area contributed by atoms with Crippen molar-refractivity contribution in [3.8, 4) is 11.4 Å². The lowest BCUT2D eigenvalue weighted by Gasteiger charge is -2.30. The van der Waals surface area contributed by atoms with Crippen LogP contribution in [0.1, 0.15) is 36.0 Å². The zero-order valence-corrected chi connectivity index (χ0v) is 12.2. The van der Waals surface area contributed by atoms with Crippen LogP contribution in [0.3, 0.4) is 0 Å². The molecule has 22 heavy (non-hydrogen) atoms. The largest absolute Gasteiger partial charge is 0.396 e. The molecule has 1 heterocycles. The number of rotatable bonds is 4. The van der Waals surface area contributed by atoms with Crippen molar-refractivity contribution in [1.29, 1.82) is 0 Å². The molecule has 0 saturated heterocycles. The fraction of sp³-hybridized carbons (Fsp3) is 0.438. The average molecular weight is 301 g/mol. The Morgan fingerprint density at radius 1 is 1.27 bits per heavy atom. The van der Waals surface area contributed by atoms with Crippen LogP contribution in [0.5, 0.6) is 0 Å². The molecule has 2 atom stereocenters. The first-order valence-corrected chi connectivity index (χ1v) is 7.56. The van der Waals surface area contributed by atoms with Crippen molar-refractivity contribution in [2.45, 2.75) is 31.7 Å². The summed E-state index contributed by atoms with van der Waals surface area (Å²) in [7, 11) is 0. The molecule has 6 heteroatoms. The number of nitrogens with one attached hydrogen (secondary N) is 1. The summed E-state index contributed by atoms with van der Waals surface area (Å²) >= 11 is 0. The van der Waals surface area contributed by atoms with E-state index in [2.05, 4.69) is 15.5 Å². The number of amides is 1. The molecule has 1 fully saturated rings. The first-order chi connectivity index (χ1) is 10.8. The van der Waals surface area contributed by atoms with Gasteiger partial charge in [0.2, 0.25) is 12.2 Å². The molecule has 1 aliphatic carbocycles. The summed E-state index contributed by atoms with van der Waals surface area (Å²) in [5.41, 5.74) is 1.39. The van der Waals surface area contributed by atoms with Crippen LogP contribution >= 0.6 is 0 Å². The molecule has 2 aromatic rings. The SMILES string of the molecule is O=C(NC1CCCCC1CO)c1ccc(-c2ncon2)cc1. The number of benzene rings is 1. The Morgan fingerprint density at radius 3 is 2.73 bits per heavy atom. The summed E-state index contributed by atoms with van der Waals surface area (Å²) in [6, 6.07) is 7.15. The van der Waals surface area contributed by atoms with Crippen LogP contribution < -0.4 is 5.32 Å². The molecule has 2 N–H and O–H groups in total. The first kappa shape index (κ1) is 14.7. The van der Waals surface area contributed by atoms with Crippen LogP contribution in [0.15, 0.2) is 35.2 Å². The van der Waals surface area contributed by atoms with Crippen LogP contribution in [0, 0.1) is 5.92 Å². The van der Waals surface area contributed by atoms with Crippen molar-refractivity contribution in [3.63, 3.8) is 0 Å². The minimum absolute atomic E-state index is 0.0585. The van der Waals surface area contributed by atoms with Crippen molar-refractivity contribution in [2.75, 3.05) is 6.61 Å². The average Bonchev–Trinajstić information content (AvgIpc) is 3.10. The van der Waals surface area contributed by atoms with Gasteiger partial charge in [0, 0.05) is 29.7 Å². The van der Waals surface area contributed by atoms with E-state index in [0.717, 1.165) is 31.2 Å². The molecular formula is C16H19N3O3. The molecule has 6 nitrogen and oxygen atoms in total. The van der Waals surface area contributed by atoms with Crippen molar-refractivity contribution in [1.82, 2.24) is 15.5 Å². The van der Waals surface area contributed by atoms with Gasteiger partial charge in [-0.25, -0.2) is 0 Å². The molecule has 0 bridgehead atoms. The summed E-state index contributed by atoms with van der Waals surface area (Å²) in [6.45, 7) is 0.127. The highest BCUT2D eigenvalue weighted by atomic mass is 16.5. The molecule has 1 amide bonds. The van der Waals surface area contributed by atoms with E-state index in [1.165, 1.54) is 6.39 Å². The number of hydrogen-bond acceptors (Lipinski definition) is 5. The standard InChI is InChI=1S/C16H19N3O3/c20-9-13-3-1-2-4-14(13)18-16(21)12-7-5-11(6-8-12)15-17-10-22-19-15/h5-8,10,13-14,20H,1-4,9H2,(H,18,21). The first-order valence-electron chi connectivity index (χ1n) is 7.56. The smallest absolute Gasteiger partial charge is 0.251 e. The second-order valence-electron chi connectivity index (χ2n) is 5.64. The van der Waals surface area contributed by atoms with Crippen LogP contribution in [-0.4, -0.2) is 33.8 Å². The van der Waals surface area contributed by atoms with Gasteiger partial charge in [0.05, 0.1) is 0 Å². The zero-order valence-electron chi connectivity index (χ0n) is 12.2. The van der Waals surface area contributed by atoms with Gasteiger partial charge >= 0.3 is 0 Å². The van der Waals surface area contributed by atoms with Gasteiger partial charge in [-0.3, -0.25) is 4.79 Å². The van der Waals surface area contributed by atoms with Gasteiger partial charge in [-0.05, 0) is 25.0 Å². The van der Waals surface area contributed by atoms with Gasteiger partial charge in [-0.1, -0.05) is 30.1 Å². The fourth-order valence-corrected chi connectivity index (χ4v) is 2.94. The molecule has 2 unspecified atom stereocenters. The Labute approximate surface area is 128 Å². The number of carbonyl (C=O) groups is 1. The highest BCUT2D eigenvalue weighted by molar-refractivity contribution is 5.94. The van der Waals surface area contributed by atoms with Crippen LogP contribution in [0.4, 0.5) is 0 Å². The molecule has 0 spiro atoms. The monoisotopic (exact) mass is 301 g/mol. The maximum atomic E-state index is 12.3. The minimum Gasteiger partial charge on any atom is -0.396 e. The molecule has 0 radical (unpaired) electrons. The minimum atomic E-state index is -0.106. The molecule has 116 valence electrons. The van der Waals surface area contributed by atoms with Gasteiger partial charge in [-0.15, -0.1) is 0 Å². The number of aliphatic hydroxyl groups excluding tert-OH is 1. The lowest BCUT2D eigenvalue weighted by Crippen LogP contribution is -2.43. The van der Waals surface area contributed by atoms with E-state index in [0.29, 0.717) is 11.4 Å². The van der Waals surface area contributed by atoms with Crippen molar-refractivity contribution < 1.29 is 14.4 Å². The molecule has 1 aliphatic rings. The summed E-state index contributed by atoms with van der Waals surface area (Å²) in [5.74, 6) is 0.556. The van der Waals surface area contributed by atoms with Crippen LogP contribution in [0.2, 0.25) is 0 Å². The summed E-state index contributed by atoms with van der Waals surface area (Å²) in [6.07, 6.45) is 5.39. The fourth-order valence-electron chi connectivity index (χ4n) is 2.94. The Balaban J connectivity index is 1.67. The van der Waals surface area contributed by atoms with Gasteiger partial charge in [0.25, 0.3) is 5.91 Å². The quantitative estimate of drug-likeness (QED) is 0.902. The molecule has 3 rings (SSSR count). The topological polar surface area (TPSA) is 88.2 Å². The highest BCUT2D eigenvalue weighted by Gasteiger charge is 2.26. The van der Waals surface area contributed by atoms with Gasteiger partial charge in [0.15, 0.2) is 0 Å². The van der Waals surface area contributed by atoms with Gasteiger partial charge < -0.3 is 14.9 Å². The molecule has 1 aromatic heterocycles. The van der Waals surface area contributed by atoms with Gasteiger partial charge in [-0.2, -0.15) is 4.98 Å². The number of nitrogens with zero attached hydrogens (tertiary/aromatic N) is 2. The Morgan fingerprint density at radius 2 is 2.05 bits per heavy atom. The summed E-state index contributed by atoms with van der Waals surface area (Å²) in [4.78, 5) is 16.3. The molecular weight excluding hydrogens is 282 g/mol. The predicted molar refractivity (Wildman–Crippen MR) is 80.0 cm³/mol. The molecule has 1 saturated carbocycles. The van der Waals surface area contributed by atoms with Crippen molar-refractivity contribution in [3.05, 3.63) is 36.2 Å². The number of aliphatic hydroxyl groups is 1. The number of aromatic nitrogens is 2. The number of hydrogen-bond donors (Lipinski definition) is 2. The van der Waals surface area contributed by atoms with Crippen LogP contribution in [0.25, 0.3) is 11.4 Å². The van der Waals surface area contributed by atoms with Crippen molar-refractivity contribution in [2.24, 2.45) is 5.92 Å². The van der Waals surface area contributed by atoms with E-state index in [1.807, 2.05) is 0 Å². The molecule has 1 aromatic carbocycles. The van der Waals surface area contributed by atoms with Crippen molar-refractivity contribution >= 4 is 5.91 Å². The molecule has 0 aliphatic heterocycles. The zero-order chi connectivity index (χ0) is 15.4. The normalized spacial score (nSPS) is 21.5. The van der Waals surface area contributed by atoms with E-state index < -0.39 is 0 Å². The maximum absolute atomic E-state index is 12.3. The highest BCUT2D eigenvalue weighted by Crippen LogP contribution is 2.24. The predicted octanol–water partition coefficient (Wildman–Crippen LogP) is 2.02. The van der Waals surface area contributed by atoms with E-state index in [9.17, 15) is 9.90 Å². The number of carbonyl (C=O) groups excluding carboxylic acids is 1. The lowest BCUT2D eigenvalue weighted by molar-refractivity contribution is 0.0872. The third kappa shape index (κ3) is 3.17. The second-order valence-corrected chi connectivity index (χ2v) is 5.64. The Hall–Kier alpha value is -2.21. The van der Waals surface area contributed by atoms with Gasteiger partial charge in [0.1, 0.15) is 0 Å². The summed E-state index contributed by atoms with van der Waals surface area (Å²) in [5, 5.41) is 16.2. The maximum Gasteiger partial charge on any atom is 0.251 e. The third-order valence-corrected chi connectivity index (χ3v) is 4.23. The lowest BCUT2D eigenvalue weighted by atomic mass is 9.85. The third-order valence-electron chi connectivity index (χ3n) is 4.23. The Kier molecular flexibility index (Phi) is 4.48. The van der Waals surface area contributed by atoms with E-state index in [-0.39, 0.29) is 24.5 Å². The van der Waals surface area contributed by atoms with Crippen LogP contribution in [-0.2, 0) is 0 Å². The van der Waals surface area contributed by atoms with E-state index in [4.69, 9.17) is 4.52 Å².